The van der Waals surface area contributed by atoms with Crippen molar-refractivity contribution >= 4 is 0 Å². The van der Waals surface area contributed by atoms with Gasteiger partial charge in [-0.25, -0.2) is 0 Å². The Balaban J connectivity index is 0.000000753. The smallest absolute Gasteiger partial charge is 0.0661 e. The van der Waals surface area contributed by atoms with E-state index >= 15 is 0 Å². The van der Waals surface area contributed by atoms with Gasteiger partial charge in [0.1, 0.15) is 0 Å². The molecule has 0 unspecified atom stereocenters. The van der Waals surface area contributed by atoms with Crippen LogP contribution in [0.25, 0.3) is 0 Å². The molecule has 4 saturated carbocycles. The van der Waals surface area contributed by atoms with Crippen LogP contribution in [0.1, 0.15) is 78.6 Å². The molecule has 0 heterocycles. The largest absolute Gasteiger partial charge is 0.393 e. The number of nitrogens with zero attached hydrogens (tertiary/aromatic N) is 1. The minimum atomic E-state index is -0.0221. The third kappa shape index (κ3) is 2.84. The third-order valence-corrected chi connectivity index (χ3v) is 8.02. The van der Waals surface area contributed by atoms with Gasteiger partial charge < -0.3 is 5.11 Å². The van der Waals surface area contributed by atoms with Crippen LogP contribution in [0.5, 0.6) is 0 Å². The molecule has 23 heavy (non-hydrogen) atoms. The zero-order valence-corrected chi connectivity index (χ0v) is 15.3. The van der Waals surface area contributed by atoms with Crippen molar-refractivity contribution < 1.29 is 5.11 Å². The van der Waals surface area contributed by atoms with Crippen molar-refractivity contribution in [3.8, 4) is 6.07 Å². The lowest BCUT2D eigenvalue weighted by molar-refractivity contribution is -0.0630. The monoisotopic (exact) mass is 317 g/mol. The number of hydrogen-bond donors (Lipinski definition) is 1. The van der Waals surface area contributed by atoms with Crippen molar-refractivity contribution in [2.24, 2.45) is 40.9 Å². The zero-order chi connectivity index (χ0) is 16.6. The second kappa shape index (κ2) is 6.75. The van der Waals surface area contributed by atoms with Crippen LogP contribution in [0.4, 0.5) is 0 Å². The maximum Gasteiger partial charge on any atom is 0.0661 e. The van der Waals surface area contributed by atoms with E-state index in [0.29, 0.717) is 11.3 Å². The predicted molar refractivity (Wildman–Crippen MR) is 93.6 cm³/mol. The summed E-state index contributed by atoms with van der Waals surface area (Å²) in [7, 11) is 0. The van der Waals surface area contributed by atoms with Crippen molar-refractivity contribution in [2.75, 3.05) is 0 Å². The van der Waals surface area contributed by atoms with Gasteiger partial charge in [-0.15, -0.1) is 0 Å². The molecule has 0 aromatic carbocycles. The highest BCUT2D eigenvalue weighted by molar-refractivity contribution is 5.09. The highest BCUT2D eigenvalue weighted by atomic mass is 16.3. The van der Waals surface area contributed by atoms with E-state index in [1.165, 1.54) is 38.5 Å². The van der Waals surface area contributed by atoms with Crippen molar-refractivity contribution in [1.29, 1.82) is 5.26 Å². The van der Waals surface area contributed by atoms with Gasteiger partial charge in [0.2, 0.25) is 0 Å². The molecule has 0 aromatic rings. The molecule has 0 radical (unpaired) electrons. The standard InChI is InChI=1S/C19H29NO.C2H6/c1-19-10-13-3-2-12-8-16(21)6-7-17(12)18(13)9-14(19)4-5-15(19)11-20;1-2/h12-18,21H,2-10H2,1H3;1-2H3/t12-,13-,14+,15-,16+,17-,18-,19+;/m0./s1. The van der Waals surface area contributed by atoms with Gasteiger partial charge in [0.05, 0.1) is 18.1 Å². The summed E-state index contributed by atoms with van der Waals surface area (Å²) in [4.78, 5) is 0. The summed E-state index contributed by atoms with van der Waals surface area (Å²) in [6.07, 6.45) is 11.2. The molecular formula is C21H35NO. The number of hydrogen-bond acceptors (Lipinski definition) is 2. The van der Waals surface area contributed by atoms with Crippen molar-refractivity contribution in [3.63, 3.8) is 0 Å². The van der Waals surface area contributed by atoms with Crippen LogP contribution >= 0.6 is 0 Å². The van der Waals surface area contributed by atoms with E-state index in [1.807, 2.05) is 13.8 Å². The van der Waals surface area contributed by atoms with Gasteiger partial charge in [-0.2, -0.15) is 5.26 Å². The Morgan fingerprint density at radius 3 is 2.39 bits per heavy atom. The number of aliphatic hydroxyl groups excluding tert-OH is 1. The maximum atomic E-state index is 9.97. The quantitative estimate of drug-likeness (QED) is 0.670. The summed E-state index contributed by atoms with van der Waals surface area (Å²) >= 11 is 0. The molecule has 0 bridgehead atoms. The number of nitriles is 1. The van der Waals surface area contributed by atoms with E-state index < -0.39 is 0 Å². The van der Waals surface area contributed by atoms with Crippen LogP contribution in [0.3, 0.4) is 0 Å². The van der Waals surface area contributed by atoms with Crippen LogP contribution in [0.2, 0.25) is 0 Å². The molecule has 4 fully saturated rings. The highest BCUT2D eigenvalue weighted by Crippen LogP contribution is 2.63. The van der Waals surface area contributed by atoms with Crippen LogP contribution < -0.4 is 0 Å². The van der Waals surface area contributed by atoms with Gasteiger partial charge in [0, 0.05) is 0 Å². The Hall–Kier alpha value is -0.550. The molecule has 0 aromatic heterocycles. The Morgan fingerprint density at radius 1 is 0.913 bits per heavy atom. The summed E-state index contributed by atoms with van der Waals surface area (Å²) in [6.45, 7) is 6.42. The van der Waals surface area contributed by atoms with Gasteiger partial charge in [0.25, 0.3) is 0 Å². The molecule has 4 rings (SSSR count). The first-order chi connectivity index (χ1) is 11.1. The molecule has 0 saturated heterocycles. The van der Waals surface area contributed by atoms with E-state index in [9.17, 15) is 10.4 Å². The first kappa shape index (κ1) is 17.3. The van der Waals surface area contributed by atoms with E-state index in [4.69, 9.17) is 0 Å². The van der Waals surface area contributed by atoms with Crippen LogP contribution in [0.15, 0.2) is 0 Å². The maximum absolute atomic E-state index is 9.97. The second-order valence-electron chi connectivity index (χ2n) is 8.79. The molecule has 0 spiro atoms. The Labute approximate surface area is 142 Å². The summed E-state index contributed by atoms with van der Waals surface area (Å²) in [6, 6.07) is 2.63. The van der Waals surface area contributed by atoms with Gasteiger partial charge in [-0.05, 0) is 92.8 Å². The molecular weight excluding hydrogens is 282 g/mol. The molecule has 1 N–H and O–H groups in total. The van der Waals surface area contributed by atoms with Gasteiger partial charge >= 0.3 is 0 Å². The van der Waals surface area contributed by atoms with Crippen LogP contribution in [-0.4, -0.2) is 11.2 Å². The van der Waals surface area contributed by atoms with E-state index in [2.05, 4.69) is 13.0 Å². The summed E-state index contributed by atoms with van der Waals surface area (Å²) in [5, 5.41) is 19.5. The fourth-order valence-electron chi connectivity index (χ4n) is 6.88. The lowest BCUT2D eigenvalue weighted by atomic mass is 9.50. The van der Waals surface area contributed by atoms with E-state index in [-0.39, 0.29) is 6.10 Å². The van der Waals surface area contributed by atoms with Crippen LogP contribution in [-0.2, 0) is 0 Å². The minimum absolute atomic E-state index is 0.0221. The summed E-state index contributed by atoms with van der Waals surface area (Å²) in [5.74, 6) is 4.58. The summed E-state index contributed by atoms with van der Waals surface area (Å²) < 4.78 is 0. The van der Waals surface area contributed by atoms with Gasteiger partial charge in [-0.1, -0.05) is 20.8 Å². The second-order valence-corrected chi connectivity index (χ2v) is 8.79. The fraction of sp³-hybridized carbons (Fsp3) is 0.952. The SMILES string of the molecule is CC.C[C@@]12C[C@@H]3CC[C@H]4C[C@H](O)CC[C@@H]4[C@H]3C[C@H]1CC[C@H]2C#N. The van der Waals surface area contributed by atoms with Crippen molar-refractivity contribution in [2.45, 2.75) is 84.7 Å². The topological polar surface area (TPSA) is 44.0 Å². The van der Waals surface area contributed by atoms with Crippen molar-refractivity contribution in [1.82, 2.24) is 0 Å². The average Bonchev–Trinajstić information content (AvgIpc) is 2.89. The fourth-order valence-corrected chi connectivity index (χ4v) is 6.88. The van der Waals surface area contributed by atoms with Crippen LogP contribution in [0, 0.1) is 52.3 Å². The van der Waals surface area contributed by atoms with E-state index in [1.54, 1.807) is 0 Å². The first-order valence-corrected chi connectivity index (χ1v) is 10.2. The lowest BCUT2D eigenvalue weighted by Crippen LogP contribution is -2.47. The number of fused-ring (bicyclic) bond motifs is 4. The summed E-state index contributed by atoms with van der Waals surface area (Å²) in [5.41, 5.74) is 0.316. The molecule has 130 valence electrons. The van der Waals surface area contributed by atoms with Gasteiger partial charge in [-0.3, -0.25) is 0 Å². The minimum Gasteiger partial charge on any atom is -0.393 e. The number of aliphatic hydroxyl groups is 1. The normalized spacial score (nSPS) is 51.3. The first-order valence-electron chi connectivity index (χ1n) is 10.2. The lowest BCUT2D eigenvalue weighted by Gasteiger charge is -2.54. The number of rotatable bonds is 0. The molecule has 2 nitrogen and oxygen atoms in total. The average molecular weight is 318 g/mol. The van der Waals surface area contributed by atoms with Gasteiger partial charge in [0.15, 0.2) is 0 Å². The Morgan fingerprint density at radius 2 is 1.65 bits per heavy atom. The molecule has 2 heteroatoms. The molecule has 0 amide bonds. The zero-order valence-electron chi connectivity index (χ0n) is 15.3. The van der Waals surface area contributed by atoms with E-state index in [0.717, 1.165) is 48.9 Å². The molecule has 0 aliphatic heterocycles. The third-order valence-electron chi connectivity index (χ3n) is 8.02. The highest BCUT2D eigenvalue weighted by Gasteiger charge is 2.55. The molecule has 4 aliphatic carbocycles. The molecule has 4 aliphatic rings. The Bertz CT molecular complexity index is 455. The predicted octanol–water partition coefficient (Wildman–Crippen LogP) is 5.17. The molecule has 8 atom stereocenters. The Kier molecular flexibility index (Phi) is 5.07. The van der Waals surface area contributed by atoms with Crippen molar-refractivity contribution in [3.05, 3.63) is 0 Å².